The van der Waals surface area contributed by atoms with Crippen LogP contribution in [-0.4, -0.2) is 6.36 Å². The molecule has 0 saturated heterocycles. The van der Waals surface area contributed by atoms with Crippen LogP contribution in [0.5, 0.6) is 5.75 Å². The van der Waals surface area contributed by atoms with E-state index in [1.54, 1.807) is 12.1 Å². The van der Waals surface area contributed by atoms with Crippen molar-refractivity contribution in [2.45, 2.75) is 20.2 Å². The normalized spacial score (nSPS) is 11.4. The second-order valence-corrected chi connectivity index (χ2v) is 4.45. The van der Waals surface area contributed by atoms with Crippen molar-refractivity contribution in [3.63, 3.8) is 0 Å². The van der Waals surface area contributed by atoms with Crippen molar-refractivity contribution in [1.29, 1.82) is 0 Å². The third kappa shape index (κ3) is 3.74. The van der Waals surface area contributed by atoms with Gasteiger partial charge in [-0.1, -0.05) is 41.5 Å². The second-order valence-electron chi connectivity index (χ2n) is 4.45. The lowest BCUT2D eigenvalue weighted by atomic mass is 10.0. The van der Waals surface area contributed by atoms with Crippen LogP contribution in [0.1, 0.15) is 11.1 Å². The molecule has 0 heterocycles. The van der Waals surface area contributed by atoms with Crippen molar-refractivity contribution in [2.75, 3.05) is 0 Å². The van der Waals surface area contributed by atoms with Crippen molar-refractivity contribution in [3.8, 4) is 16.9 Å². The number of ether oxygens (including phenoxy) is 1. The van der Waals surface area contributed by atoms with Crippen LogP contribution in [0, 0.1) is 13.8 Å². The van der Waals surface area contributed by atoms with Gasteiger partial charge in [-0.3, -0.25) is 0 Å². The first-order chi connectivity index (χ1) is 8.83. The van der Waals surface area contributed by atoms with Crippen LogP contribution in [0.25, 0.3) is 11.1 Å². The maximum atomic E-state index is 12.2. The molecule has 0 spiro atoms. The fourth-order valence-electron chi connectivity index (χ4n) is 2.01. The largest absolute Gasteiger partial charge is 0.573 e. The summed E-state index contributed by atoms with van der Waals surface area (Å²) in [4.78, 5) is 0. The predicted octanol–water partition coefficient (Wildman–Crippen LogP) is 4.87. The quantitative estimate of drug-likeness (QED) is 0.753. The highest BCUT2D eigenvalue weighted by molar-refractivity contribution is 5.66. The molecule has 0 aromatic heterocycles. The molecule has 0 aliphatic rings. The Bertz CT molecular complexity index is 568. The summed E-state index contributed by atoms with van der Waals surface area (Å²) in [5.41, 5.74) is 3.72. The third-order valence-electron chi connectivity index (χ3n) is 2.62. The fraction of sp³-hybridized carbons (Fsp3) is 0.200. The van der Waals surface area contributed by atoms with Crippen LogP contribution >= 0.6 is 0 Å². The highest BCUT2D eigenvalue weighted by atomic mass is 19.4. The summed E-state index contributed by atoms with van der Waals surface area (Å²) in [5.74, 6) is -0.204. The lowest BCUT2D eigenvalue weighted by molar-refractivity contribution is -0.274. The lowest BCUT2D eigenvalue weighted by Gasteiger charge is -2.11. The van der Waals surface area contributed by atoms with Crippen LogP contribution in [0.4, 0.5) is 13.2 Å². The Hall–Kier alpha value is -1.97. The topological polar surface area (TPSA) is 9.23 Å². The van der Waals surface area contributed by atoms with Gasteiger partial charge in [0.25, 0.3) is 0 Å². The molecule has 2 rings (SSSR count). The summed E-state index contributed by atoms with van der Waals surface area (Å²) in [6, 6.07) is 11.9. The van der Waals surface area contributed by atoms with E-state index >= 15 is 0 Å². The summed E-state index contributed by atoms with van der Waals surface area (Å²) in [6.45, 7) is 3.90. The van der Waals surface area contributed by atoms with Crippen LogP contribution in [0.3, 0.4) is 0 Å². The van der Waals surface area contributed by atoms with Gasteiger partial charge >= 0.3 is 6.36 Å². The number of halogens is 3. The maximum Gasteiger partial charge on any atom is 0.573 e. The summed E-state index contributed by atoms with van der Waals surface area (Å²) in [7, 11) is 0. The molecule has 0 aliphatic heterocycles. The third-order valence-corrected chi connectivity index (χ3v) is 2.62. The van der Waals surface area contributed by atoms with Crippen molar-refractivity contribution in [3.05, 3.63) is 53.6 Å². The lowest BCUT2D eigenvalue weighted by Crippen LogP contribution is -2.17. The van der Waals surface area contributed by atoms with E-state index in [4.69, 9.17) is 0 Å². The van der Waals surface area contributed by atoms with E-state index < -0.39 is 6.36 Å². The zero-order valence-corrected chi connectivity index (χ0v) is 10.6. The van der Waals surface area contributed by atoms with Crippen LogP contribution < -0.4 is 4.74 Å². The van der Waals surface area contributed by atoms with Crippen molar-refractivity contribution in [1.82, 2.24) is 0 Å². The molecule has 19 heavy (non-hydrogen) atoms. The first-order valence-electron chi connectivity index (χ1n) is 5.78. The van der Waals surface area contributed by atoms with E-state index in [2.05, 4.69) is 4.74 Å². The molecule has 4 heteroatoms. The van der Waals surface area contributed by atoms with E-state index in [1.807, 2.05) is 32.0 Å². The Labute approximate surface area is 109 Å². The van der Waals surface area contributed by atoms with Gasteiger partial charge in [0.2, 0.25) is 0 Å². The molecule has 0 N–H and O–H groups in total. The van der Waals surface area contributed by atoms with Gasteiger partial charge in [-0.2, -0.15) is 0 Å². The number of hydrogen-bond donors (Lipinski definition) is 0. The minimum atomic E-state index is -4.67. The molecule has 2 aromatic rings. The molecule has 0 atom stereocenters. The van der Waals surface area contributed by atoms with E-state index in [9.17, 15) is 13.2 Å². The molecule has 0 bridgehead atoms. The first-order valence-corrected chi connectivity index (χ1v) is 5.78. The van der Waals surface area contributed by atoms with Gasteiger partial charge in [0, 0.05) is 0 Å². The smallest absolute Gasteiger partial charge is 0.406 e. The monoisotopic (exact) mass is 266 g/mol. The number of aryl methyl sites for hydroxylation is 2. The molecule has 0 fully saturated rings. The average Bonchev–Trinajstić information content (AvgIpc) is 2.25. The number of benzene rings is 2. The highest BCUT2D eigenvalue weighted by Crippen LogP contribution is 2.28. The van der Waals surface area contributed by atoms with Crippen LogP contribution in [-0.2, 0) is 0 Å². The van der Waals surface area contributed by atoms with E-state index in [0.29, 0.717) is 5.56 Å². The predicted molar refractivity (Wildman–Crippen MR) is 68.0 cm³/mol. The Morgan fingerprint density at radius 2 is 1.47 bits per heavy atom. The Kier molecular flexibility index (Phi) is 3.51. The SMILES string of the molecule is Cc1cc(C)cc(-c2cccc(OC(F)(F)F)c2)c1. The Morgan fingerprint density at radius 3 is 2.05 bits per heavy atom. The standard InChI is InChI=1S/C15H13F3O/c1-10-6-11(2)8-13(7-10)12-4-3-5-14(9-12)19-15(16,17)18/h3-9H,1-2H3. The molecule has 0 aliphatic carbocycles. The maximum absolute atomic E-state index is 12.2. The Morgan fingerprint density at radius 1 is 0.842 bits per heavy atom. The minimum absolute atomic E-state index is 0.204. The molecule has 0 unspecified atom stereocenters. The zero-order chi connectivity index (χ0) is 14.0. The summed E-state index contributed by atoms with van der Waals surface area (Å²) >= 11 is 0. The highest BCUT2D eigenvalue weighted by Gasteiger charge is 2.31. The van der Waals surface area contributed by atoms with Gasteiger partial charge in [-0.15, -0.1) is 13.2 Å². The summed E-state index contributed by atoms with van der Waals surface area (Å²) in [5, 5.41) is 0. The fourth-order valence-corrected chi connectivity index (χ4v) is 2.01. The van der Waals surface area contributed by atoms with Gasteiger partial charge < -0.3 is 4.74 Å². The zero-order valence-electron chi connectivity index (χ0n) is 10.6. The minimum Gasteiger partial charge on any atom is -0.406 e. The summed E-state index contributed by atoms with van der Waals surface area (Å²) in [6.07, 6.45) is -4.67. The first kappa shape index (κ1) is 13.5. The molecular formula is C15H13F3O. The molecule has 0 saturated carbocycles. The molecule has 100 valence electrons. The van der Waals surface area contributed by atoms with E-state index in [0.717, 1.165) is 16.7 Å². The Balaban J connectivity index is 2.37. The number of rotatable bonds is 2. The van der Waals surface area contributed by atoms with Crippen molar-refractivity contribution in [2.24, 2.45) is 0 Å². The molecule has 0 amide bonds. The summed E-state index contributed by atoms with van der Waals surface area (Å²) < 4.78 is 40.5. The molecule has 2 aromatic carbocycles. The molecule has 1 nitrogen and oxygen atoms in total. The molecule has 0 radical (unpaired) electrons. The van der Waals surface area contributed by atoms with Crippen molar-refractivity contribution >= 4 is 0 Å². The number of hydrogen-bond acceptors (Lipinski definition) is 1. The van der Waals surface area contributed by atoms with Crippen LogP contribution in [0.2, 0.25) is 0 Å². The van der Waals surface area contributed by atoms with Gasteiger partial charge in [-0.05, 0) is 37.1 Å². The number of alkyl halides is 3. The van der Waals surface area contributed by atoms with Gasteiger partial charge in [0.15, 0.2) is 0 Å². The van der Waals surface area contributed by atoms with Gasteiger partial charge in [-0.25, -0.2) is 0 Å². The van der Waals surface area contributed by atoms with Crippen LogP contribution in [0.15, 0.2) is 42.5 Å². The molecular weight excluding hydrogens is 253 g/mol. The van der Waals surface area contributed by atoms with E-state index in [-0.39, 0.29) is 5.75 Å². The second kappa shape index (κ2) is 4.96. The van der Waals surface area contributed by atoms with Gasteiger partial charge in [0.1, 0.15) is 5.75 Å². The average molecular weight is 266 g/mol. The van der Waals surface area contributed by atoms with E-state index in [1.165, 1.54) is 12.1 Å². The van der Waals surface area contributed by atoms with Crippen molar-refractivity contribution < 1.29 is 17.9 Å². The van der Waals surface area contributed by atoms with Gasteiger partial charge in [0.05, 0.1) is 0 Å².